The van der Waals surface area contributed by atoms with Crippen LogP contribution in [0.2, 0.25) is 0 Å². The van der Waals surface area contributed by atoms with Crippen LogP contribution >= 0.6 is 11.8 Å². The second-order valence-electron chi connectivity index (χ2n) is 4.78. The summed E-state index contributed by atoms with van der Waals surface area (Å²) < 4.78 is 7.22. The summed E-state index contributed by atoms with van der Waals surface area (Å²) >= 11 is 1.27. The van der Waals surface area contributed by atoms with Crippen molar-refractivity contribution in [3.05, 3.63) is 48.5 Å². The van der Waals surface area contributed by atoms with Gasteiger partial charge < -0.3 is 9.84 Å². The third-order valence-electron chi connectivity index (χ3n) is 3.37. The molecule has 0 radical (unpaired) electrons. The maximum absolute atomic E-state index is 10.2. The summed E-state index contributed by atoms with van der Waals surface area (Å²) in [5.41, 5.74) is 1.29. The standard InChI is InChI=1S/C17H14N4O2S/c1-23-15-9-5-3-7-13(15)21-16(12-6-2-4-8-14(12)22)19-20-17(21)24-11-10-18/h2-9,22H,11H2,1H3. The molecule has 0 saturated heterocycles. The molecule has 6 nitrogen and oxygen atoms in total. The molecule has 0 amide bonds. The average molecular weight is 338 g/mol. The molecule has 0 spiro atoms. The topological polar surface area (TPSA) is 84.0 Å². The number of methoxy groups -OCH3 is 1. The molecule has 1 aromatic heterocycles. The Hall–Kier alpha value is -2.98. The van der Waals surface area contributed by atoms with Crippen molar-refractivity contribution in [1.82, 2.24) is 14.8 Å². The molecule has 0 aliphatic heterocycles. The first-order chi connectivity index (χ1) is 11.8. The largest absolute Gasteiger partial charge is 0.507 e. The molecular formula is C17H14N4O2S. The lowest BCUT2D eigenvalue weighted by molar-refractivity contribution is 0.412. The number of thioether (sulfide) groups is 1. The summed E-state index contributed by atoms with van der Waals surface area (Å²) in [5, 5.41) is 28.0. The van der Waals surface area contributed by atoms with E-state index in [-0.39, 0.29) is 11.5 Å². The number of phenolic OH excluding ortho intramolecular Hbond substituents is 1. The number of aromatic hydroxyl groups is 1. The Morgan fingerprint density at radius 2 is 1.92 bits per heavy atom. The molecule has 0 unspecified atom stereocenters. The number of hydrogen-bond acceptors (Lipinski definition) is 6. The Morgan fingerprint density at radius 3 is 2.67 bits per heavy atom. The van der Waals surface area contributed by atoms with Gasteiger partial charge >= 0.3 is 0 Å². The van der Waals surface area contributed by atoms with E-state index in [2.05, 4.69) is 16.3 Å². The number of phenols is 1. The Balaban J connectivity index is 2.23. The molecule has 3 aromatic rings. The first kappa shape index (κ1) is 15.9. The maximum atomic E-state index is 10.2. The van der Waals surface area contributed by atoms with E-state index in [0.717, 1.165) is 5.69 Å². The second-order valence-corrected chi connectivity index (χ2v) is 5.72. The second kappa shape index (κ2) is 7.06. The molecule has 3 rings (SSSR count). The fraction of sp³-hybridized carbons (Fsp3) is 0.118. The van der Waals surface area contributed by atoms with Crippen molar-refractivity contribution in [2.45, 2.75) is 5.16 Å². The third-order valence-corrected chi connectivity index (χ3v) is 4.17. The van der Waals surface area contributed by atoms with Crippen LogP contribution in [0.15, 0.2) is 53.7 Å². The number of benzene rings is 2. The fourth-order valence-corrected chi connectivity index (χ4v) is 2.94. The average Bonchev–Trinajstić information content (AvgIpc) is 3.03. The van der Waals surface area contributed by atoms with Gasteiger partial charge in [0, 0.05) is 0 Å². The number of para-hydroxylation sites is 3. The Labute approximate surface area is 143 Å². The molecule has 0 aliphatic carbocycles. The van der Waals surface area contributed by atoms with Crippen molar-refractivity contribution in [3.63, 3.8) is 0 Å². The highest BCUT2D eigenvalue weighted by atomic mass is 32.2. The van der Waals surface area contributed by atoms with Gasteiger partial charge in [-0.2, -0.15) is 5.26 Å². The molecule has 120 valence electrons. The van der Waals surface area contributed by atoms with E-state index in [1.807, 2.05) is 30.3 Å². The van der Waals surface area contributed by atoms with E-state index in [0.29, 0.717) is 22.3 Å². The molecule has 0 saturated carbocycles. The van der Waals surface area contributed by atoms with Gasteiger partial charge in [0.25, 0.3) is 0 Å². The zero-order valence-electron chi connectivity index (χ0n) is 12.9. The van der Waals surface area contributed by atoms with E-state index in [1.54, 1.807) is 29.9 Å². The molecular weight excluding hydrogens is 324 g/mol. The summed E-state index contributed by atoms with van der Waals surface area (Å²) in [6, 6.07) is 16.5. The minimum atomic E-state index is 0.109. The van der Waals surface area contributed by atoms with Gasteiger partial charge in [-0.25, -0.2) is 0 Å². The van der Waals surface area contributed by atoms with Gasteiger partial charge in [-0.3, -0.25) is 4.57 Å². The van der Waals surface area contributed by atoms with Crippen molar-refractivity contribution in [1.29, 1.82) is 5.26 Å². The van der Waals surface area contributed by atoms with Crippen molar-refractivity contribution in [2.75, 3.05) is 12.9 Å². The van der Waals surface area contributed by atoms with Gasteiger partial charge in [0.2, 0.25) is 0 Å². The normalized spacial score (nSPS) is 10.3. The first-order valence-corrected chi connectivity index (χ1v) is 8.11. The Bertz CT molecular complexity index is 902. The quantitative estimate of drug-likeness (QED) is 0.719. The van der Waals surface area contributed by atoms with Crippen LogP contribution in [0.4, 0.5) is 0 Å². The van der Waals surface area contributed by atoms with Crippen LogP contribution in [-0.4, -0.2) is 32.7 Å². The zero-order valence-corrected chi connectivity index (χ0v) is 13.7. The van der Waals surface area contributed by atoms with Gasteiger partial charge in [0.1, 0.15) is 11.5 Å². The van der Waals surface area contributed by atoms with Gasteiger partial charge in [-0.1, -0.05) is 36.0 Å². The monoisotopic (exact) mass is 338 g/mol. The number of nitriles is 1. The maximum Gasteiger partial charge on any atom is 0.197 e. The van der Waals surface area contributed by atoms with Gasteiger partial charge in [0.15, 0.2) is 11.0 Å². The number of ether oxygens (including phenoxy) is 1. The van der Waals surface area contributed by atoms with E-state index in [1.165, 1.54) is 11.8 Å². The molecule has 2 aromatic carbocycles. The van der Waals surface area contributed by atoms with Crippen LogP contribution in [0.5, 0.6) is 11.5 Å². The van der Waals surface area contributed by atoms with Crippen LogP contribution in [0, 0.1) is 11.3 Å². The summed E-state index contributed by atoms with van der Waals surface area (Å²) in [5.74, 6) is 1.48. The molecule has 7 heteroatoms. The lowest BCUT2D eigenvalue weighted by Gasteiger charge is -2.13. The van der Waals surface area contributed by atoms with Crippen LogP contribution < -0.4 is 4.74 Å². The minimum absolute atomic E-state index is 0.109. The highest BCUT2D eigenvalue weighted by molar-refractivity contribution is 7.99. The van der Waals surface area contributed by atoms with Crippen LogP contribution in [0.25, 0.3) is 17.1 Å². The van der Waals surface area contributed by atoms with Crippen molar-refractivity contribution in [3.8, 4) is 34.6 Å². The zero-order chi connectivity index (χ0) is 16.9. The Morgan fingerprint density at radius 1 is 1.17 bits per heavy atom. The van der Waals surface area contributed by atoms with Crippen LogP contribution in [0.1, 0.15) is 0 Å². The lowest BCUT2D eigenvalue weighted by Crippen LogP contribution is -2.02. The third kappa shape index (κ3) is 2.92. The van der Waals surface area contributed by atoms with Crippen molar-refractivity contribution in [2.24, 2.45) is 0 Å². The highest BCUT2D eigenvalue weighted by Gasteiger charge is 2.20. The predicted molar refractivity (Wildman–Crippen MR) is 91.3 cm³/mol. The molecule has 0 fully saturated rings. The Kier molecular flexibility index (Phi) is 4.68. The van der Waals surface area contributed by atoms with Crippen LogP contribution in [-0.2, 0) is 0 Å². The number of nitrogens with zero attached hydrogens (tertiary/aromatic N) is 4. The molecule has 0 atom stereocenters. The van der Waals surface area contributed by atoms with Crippen molar-refractivity contribution < 1.29 is 9.84 Å². The molecule has 1 heterocycles. The summed E-state index contributed by atoms with van der Waals surface area (Å²) in [6.45, 7) is 0. The van der Waals surface area contributed by atoms with Gasteiger partial charge in [-0.05, 0) is 24.3 Å². The van der Waals surface area contributed by atoms with E-state index < -0.39 is 0 Å². The van der Waals surface area contributed by atoms with Gasteiger partial charge in [0.05, 0.1) is 30.2 Å². The first-order valence-electron chi connectivity index (χ1n) is 7.13. The number of rotatable bonds is 5. The van der Waals surface area contributed by atoms with E-state index in [4.69, 9.17) is 10.00 Å². The molecule has 1 N–H and O–H groups in total. The number of aromatic nitrogens is 3. The fourth-order valence-electron chi connectivity index (χ4n) is 2.33. The highest BCUT2D eigenvalue weighted by Crippen LogP contribution is 2.35. The molecule has 0 bridgehead atoms. The van der Waals surface area contributed by atoms with E-state index >= 15 is 0 Å². The van der Waals surface area contributed by atoms with Gasteiger partial charge in [-0.15, -0.1) is 10.2 Å². The molecule has 0 aliphatic rings. The summed E-state index contributed by atoms with van der Waals surface area (Å²) in [6.07, 6.45) is 0. The summed E-state index contributed by atoms with van der Waals surface area (Å²) in [7, 11) is 1.59. The summed E-state index contributed by atoms with van der Waals surface area (Å²) in [4.78, 5) is 0. The molecule has 24 heavy (non-hydrogen) atoms. The SMILES string of the molecule is COc1ccccc1-n1c(SCC#N)nnc1-c1ccccc1O. The van der Waals surface area contributed by atoms with Crippen LogP contribution in [0.3, 0.4) is 0 Å². The number of hydrogen-bond donors (Lipinski definition) is 1. The van der Waals surface area contributed by atoms with Crippen molar-refractivity contribution >= 4 is 11.8 Å². The smallest absolute Gasteiger partial charge is 0.197 e. The minimum Gasteiger partial charge on any atom is -0.507 e. The predicted octanol–water partition coefficient (Wildman–Crippen LogP) is 3.26. The van der Waals surface area contributed by atoms with E-state index in [9.17, 15) is 5.11 Å². The lowest BCUT2D eigenvalue weighted by atomic mass is 10.2.